The molecule has 0 atom stereocenters. The number of hydrogen-bond donors (Lipinski definition) is 2. The number of sulfonamides is 1. The number of anilines is 2. The Kier molecular flexibility index (Phi) is 6.77. The van der Waals surface area contributed by atoms with Gasteiger partial charge >= 0.3 is 0 Å². The van der Waals surface area contributed by atoms with Gasteiger partial charge in [-0.05, 0) is 56.0 Å². The van der Waals surface area contributed by atoms with Crippen molar-refractivity contribution in [3.05, 3.63) is 59.2 Å². The summed E-state index contributed by atoms with van der Waals surface area (Å²) in [5.74, 6) is -0.540. The van der Waals surface area contributed by atoms with Crippen molar-refractivity contribution in [2.75, 3.05) is 28.5 Å². The van der Waals surface area contributed by atoms with Crippen molar-refractivity contribution in [3.8, 4) is 0 Å². The van der Waals surface area contributed by atoms with Gasteiger partial charge in [0.15, 0.2) is 0 Å². The van der Waals surface area contributed by atoms with E-state index in [0.717, 1.165) is 18.4 Å². The van der Waals surface area contributed by atoms with Crippen LogP contribution in [0.5, 0.6) is 0 Å². The van der Waals surface area contributed by atoms with Crippen LogP contribution in [-0.4, -0.2) is 39.1 Å². The van der Waals surface area contributed by atoms with Gasteiger partial charge in [-0.2, -0.15) is 0 Å². The predicted molar refractivity (Wildman–Crippen MR) is 119 cm³/mol. The van der Waals surface area contributed by atoms with Crippen LogP contribution in [0.3, 0.4) is 0 Å². The Morgan fingerprint density at radius 1 is 1.07 bits per heavy atom. The number of rotatable bonds is 6. The van der Waals surface area contributed by atoms with Crippen molar-refractivity contribution in [2.24, 2.45) is 0 Å². The number of carbonyl (C=O) groups excluding carboxylic acids is 2. The molecular formula is C22H27N3O4S. The summed E-state index contributed by atoms with van der Waals surface area (Å²) < 4.78 is 26.4. The maximum Gasteiger partial charge on any atom is 0.255 e. The molecule has 1 aliphatic rings. The number of aryl methyl sites for hydroxylation is 1. The van der Waals surface area contributed by atoms with Crippen LogP contribution < -0.4 is 14.9 Å². The molecule has 30 heavy (non-hydrogen) atoms. The fraction of sp³-hybridized carbons (Fsp3) is 0.364. The predicted octanol–water partition coefficient (Wildman–Crippen LogP) is 3.32. The van der Waals surface area contributed by atoms with Crippen LogP contribution in [0.1, 0.15) is 52.5 Å². The number of amides is 2. The molecule has 2 amide bonds. The first-order chi connectivity index (χ1) is 14.3. The molecule has 2 aromatic carbocycles. The van der Waals surface area contributed by atoms with E-state index < -0.39 is 15.9 Å². The number of para-hydroxylation sites is 1. The molecule has 0 aliphatic carbocycles. The minimum Gasteiger partial charge on any atom is -0.352 e. The van der Waals surface area contributed by atoms with Crippen LogP contribution in [0.2, 0.25) is 0 Å². The minimum atomic E-state index is -3.38. The molecule has 2 N–H and O–H groups in total. The molecule has 1 heterocycles. The number of benzene rings is 2. The lowest BCUT2D eigenvalue weighted by Crippen LogP contribution is -2.38. The van der Waals surface area contributed by atoms with Crippen LogP contribution in [-0.2, 0) is 10.0 Å². The molecule has 1 aliphatic heterocycles. The van der Waals surface area contributed by atoms with Gasteiger partial charge < -0.3 is 10.6 Å². The summed E-state index contributed by atoms with van der Waals surface area (Å²) in [7, 11) is -3.38. The quantitative estimate of drug-likeness (QED) is 0.736. The molecule has 2 aromatic rings. The zero-order valence-electron chi connectivity index (χ0n) is 17.3. The van der Waals surface area contributed by atoms with Crippen LogP contribution in [0.4, 0.5) is 11.4 Å². The summed E-state index contributed by atoms with van der Waals surface area (Å²) in [6.07, 6.45) is 2.25. The normalized spacial score (nSPS) is 15.5. The lowest BCUT2D eigenvalue weighted by molar-refractivity contribution is 0.0954. The Morgan fingerprint density at radius 2 is 1.83 bits per heavy atom. The fourth-order valence-electron chi connectivity index (χ4n) is 3.40. The first-order valence-electron chi connectivity index (χ1n) is 10.1. The zero-order chi connectivity index (χ0) is 21.7. The number of carbonyl (C=O) groups is 2. The van der Waals surface area contributed by atoms with E-state index in [4.69, 9.17) is 0 Å². The first kappa shape index (κ1) is 21.8. The molecule has 3 rings (SSSR count). The highest BCUT2D eigenvalue weighted by molar-refractivity contribution is 7.92. The number of nitrogens with zero attached hydrogens (tertiary/aromatic N) is 1. The molecule has 0 radical (unpaired) electrons. The summed E-state index contributed by atoms with van der Waals surface area (Å²) in [5.41, 5.74) is 2.43. The van der Waals surface area contributed by atoms with E-state index >= 15 is 0 Å². The zero-order valence-corrected chi connectivity index (χ0v) is 18.1. The van der Waals surface area contributed by atoms with E-state index in [-0.39, 0.29) is 11.7 Å². The van der Waals surface area contributed by atoms with E-state index in [1.54, 1.807) is 42.5 Å². The van der Waals surface area contributed by atoms with E-state index in [1.165, 1.54) is 4.31 Å². The largest absolute Gasteiger partial charge is 0.352 e. The van der Waals surface area contributed by atoms with Crippen molar-refractivity contribution in [1.29, 1.82) is 0 Å². The standard InChI is InChI=1S/C22H27N3O4S/c1-3-12-23-22(27)18-8-4-5-9-19(18)24-21(26)17-11-10-16(2)20(15-17)25-13-6-7-14-30(25,28)29/h4-5,8-11,15H,3,6-7,12-14H2,1-2H3,(H,23,27)(H,24,26). The van der Waals surface area contributed by atoms with Crippen LogP contribution in [0, 0.1) is 6.92 Å². The Hall–Kier alpha value is -2.87. The van der Waals surface area contributed by atoms with Crippen molar-refractivity contribution in [2.45, 2.75) is 33.1 Å². The summed E-state index contributed by atoms with van der Waals surface area (Å²) in [6, 6.07) is 11.8. The van der Waals surface area contributed by atoms with E-state index in [1.807, 2.05) is 13.8 Å². The Labute approximate surface area is 177 Å². The van der Waals surface area contributed by atoms with Crippen molar-refractivity contribution in [1.82, 2.24) is 5.32 Å². The smallest absolute Gasteiger partial charge is 0.255 e. The van der Waals surface area contributed by atoms with Gasteiger partial charge in [0.25, 0.3) is 11.8 Å². The third-order valence-electron chi connectivity index (χ3n) is 5.04. The minimum absolute atomic E-state index is 0.114. The third kappa shape index (κ3) is 4.81. The van der Waals surface area contributed by atoms with Crippen LogP contribution in [0.25, 0.3) is 0 Å². The van der Waals surface area contributed by atoms with E-state index in [0.29, 0.717) is 42.0 Å². The van der Waals surface area contributed by atoms with Crippen LogP contribution >= 0.6 is 0 Å². The third-order valence-corrected chi connectivity index (χ3v) is 6.90. The summed E-state index contributed by atoms with van der Waals surface area (Å²) >= 11 is 0. The molecule has 0 bridgehead atoms. The molecule has 0 aromatic heterocycles. The summed E-state index contributed by atoms with van der Waals surface area (Å²) in [4.78, 5) is 25.3. The molecule has 160 valence electrons. The summed E-state index contributed by atoms with van der Waals surface area (Å²) in [6.45, 7) is 4.75. The van der Waals surface area contributed by atoms with Gasteiger partial charge in [0.05, 0.1) is 22.7 Å². The van der Waals surface area contributed by atoms with E-state index in [9.17, 15) is 18.0 Å². The highest BCUT2D eigenvalue weighted by Crippen LogP contribution is 2.28. The molecule has 8 heteroatoms. The molecule has 7 nitrogen and oxygen atoms in total. The second kappa shape index (κ2) is 9.30. The van der Waals surface area contributed by atoms with Crippen LogP contribution in [0.15, 0.2) is 42.5 Å². The van der Waals surface area contributed by atoms with Gasteiger partial charge in [-0.15, -0.1) is 0 Å². The summed E-state index contributed by atoms with van der Waals surface area (Å²) in [5, 5.41) is 5.59. The molecule has 0 saturated carbocycles. The molecular weight excluding hydrogens is 402 g/mol. The van der Waals surface area contributed by atoms with E-state index in [2.05, 4.69) is 10.6 Å². The topological polar surface area (TPSA) is 95.6 Å². The lowest BCUT2D eigenvalue weighted by Gasteiger charge is -2.29. The number of nitrogens with one attached hydrogen (secondary N) is 2. The van der Waals surface area contributed by atoms with Crippen molar-refractivity contribution < 1.29 is 18.0 Å². The molecule has 1 fully saturated rings. The highest BCUT2D eigenvalue weighted by atomic mass is 32.2. The lowest BCUT2D eigenvalue weighted by atomic mass is 10.1. The van der Waals surface area contributed by atoms with Gasteiger partial charge in [0.2, 0.25) is 10.0 Å². The monoisotopic (exact) mass is 429 g/mol. The van der Waals surface area contributed by atoms with Gasteiger partial charge in [0, 0.05) is 18.7 Å². The highest BCUT2D eigenvalue weighted by Gasteiger charge is 2.27. The average Bonchev–Trinajstić information content (AvgIpc) is 2.72. The first-order valence-corrected chi connectivity index (χ1v) is 11.7. The fourth-order valence-corrected chi connectivity index (χ4v) is 5.09. The van der Waals surface area contributed by atoms with Gasteiger partial charge in [-0.1, -0.05) is 25.1 Å². The maximum absolute atomic E-state index is 12.9. The SMILES string of the molecule is CCCNC(=O)c1ccccc1NC(=O)c1ccc(C)c(N2CCCCS2(=O)=O)c1. The van der Waals surface area contributed by atoms with Gasteiger partial charge in [0.1, 0.15) is 0 Å². The molecule has 0 unspecified atom stereocenters. The Morgan fingerprint density at radius 3 is 2.57 bits per heavy atom. The Bertz CT molecular complexity index is 1050. The molecule has 0 spiro atoms. The van der Waals surface area contributed by atoms with Crippen molar-refractivity contribution >= 4 is 33.2 Å². The second-order valence-corrected chi connectivity index (χ2v) is 9.36. The maximum atomic E-state index is 12.9. The number of hydrogen-bond acceptors (Lipinski definition) is 4. The Balaban J connectivity index is 1.86. The van der Waals surface area contributed by atoms with Gasteiger partial charge in [-0.3, -0.25) is 13.9 Å². The average molecular weight is 430 g/mol. The molecule has 1 saturated heterocycles. The van der Waals surface area contributed by atoms with Crippen molar-refractivity contribution in [3.63, 3.8) is 0 Å². The van der Waals surface area contributed by atoms with Gasteiger partial charge in [-0.25, -0.2) is 8.42 Å². The second-order valence-electron chi connectivity index (χ2n) is 7.35.